The zero-order chi connectivity index (χ0) is 12.6. The molecule has 5 heteroatoms. The average molecular weight is 253 g/mol. The number of hydrogen-bond acceptors (Lipinski definition) is 3. The first kappa shape index (κ1) is 12.1. The van der Waals surface area contributed by atoms with E-state index >= 15 is 0 Å². The number of carboxylic acids is 1. The van der Waals surface area contributed by atoms with Gasteiger partial charge in [-0.2, -0.15) is 0 Å². The molecule has 1 aliphatic heterocycles. The van der Waals surface area contributed by atoms with E-state index in [0.29, 0.717) is 0 Å². The van der Waals surface area contributed by atoms with Crippen molar-refractivity contribution in [3.05, 3.63) is 21.9 Å². The maximum absolute atomic E-state index is 11.5. The van der Waals surface area contributed by atoms with Gasteiger partial charge in [-0.1, -0.05) is 13.8 Å². The van der Waals surface area contributed by atoms with Crippen LogP contribution in [0.25, 0.3) is 0 Å². The van der Waals surface area contributed by atoms with Crippen LogP contribution in [0.15, 0.2) is 12.1 Å². The van der Waals surface area contributed by atoms with Crippen LogP contribution in [0.4, 0.5) is 0 Å². The first-order valence-electron chi connectivity index (χ1n) is 5.58. The Kier molecular flexibility index (Phi) is 2.95. The summed E-state index contributed by atoms with van der Waals surface area (Å²) in [5.41, 5.74) is -0.624. The smallest absolute Gasteiger partial charge is 0.327 e. The van der Waals surface area contributed by atoms with Crippen molar-refractivity contribution in [2.75, 3.05) is 0 Å². The van der Waals surface area contributed by atoms with Crippen LogP contribution in [0.2, 0.25) is 0 Å². The highest BCUT2D eigenvalue weighted by molar-refractivity contribution is 7.12. The maximum atomic E-state index is 11.5. The number of nitrogens with one attached hydrogen (secondary N) is 1. The fraction of sp³-hybridized carbons (Fsp3) is 0.500. The lowest BCUT2D eigenvalue weighted by molar-refractivity contribution is -0.141. The predicted molar refractivity (Wildman–Crippen MR) is 65.2 cm³/mol. The summed E-state index contributed by atoms with van der Waals surface area (Å²) in [4.78, 5) is 24.8. The van der Waals surface area contributed by atoms with Gasteiger partial charge in [-0.05, 0) is 18.6 Å². The van der Waals surface area contributed by atoms with Crippen LogP contribution < -0.4 is 5.32 Å². The molecule has 1 fully saturated rings. The first-order valence-corrected chi connectivity index (χ1v) is 6.40. The number of carbonyl (C=O) groups is 2. The standard InChI is InChI=1S/C12H15NO3S/c1-3-7-4-5-8(17-7)12(2)6-9(14)13-10(12)11(15)16/h4-5,10H,3,6H2,1-2H3,(H,13,14)(H,15,16). The van der Waals surface area contributed by atoms with Gasteiger partial charge in [0.2, 0.25) is 5.91 Å². The van der Waals surface area contributed by atoms with E-state index in [9.17, 15) is 14.7 Å². The maximum Gasteiger partial charge on any atom is 0.327 e. The Labute approximate surface area is 104 Å². The summed E-state index contributed by atoms with van der Waals surface area (Å²) >= 11 is 1.60. The summed E-state index contributed by atoms with van der Waals surface area (Å²) in [7, 11) is 0. The lowest BCUT2D eigenvalue weighted by Gasteiger charge is -2.25. The van der Waals surface area contributed by atoms with Crippen molar-refractivity contribution in [3.63, 3.8) is 0 Å². The average Bonchev–Trinajstić information content (AvgIpc) is 2.83. The third kappa shape index (κ3) is 1.95. The van der Waals surface area contributed by atoms with Crippen molar-refractivity contribution < 1.29 is 14.7 Å². The van der Waals surface area contributed by atoms with Gasteiger partial charge in [0.05, 0.1) is 0 Å². The van der Waals surface area contributed by atoms with Crippen molar-refractivity contribution in [1.82, 2.24) is 5.32 Å². The van der Waals surface area contributed by atoms with E-state index in [1.165, 1.54) is 4.88 Å². The van der Waals surface area contributed by atoms with Crippen molar-refractivity contribution in [3.8, 4) is 0 Å². The highest BCUT2D eigenvalue weighted by Crippen LogP contribution is 2.39. The molecule has 0 spiro atoms. The zero-order valence-corrected chi connectivity index (χ0v) is 10.6. The second kappa shape index (κ2) is 4.14. The van der Waals surface area contributed by atoms with E-state index in [1.54, 1.807) is 11.3 Å². The largest absolute Gasteiger partial charge is 0.480 e. The molecule has 1 aromatic heterocycles. The van der Waals surface area contributed by atoms with E-state index in [4.69, 9.17) is 0 Å². The molecular weight excluding hydrogens is 238 g/mol. The monoisotopic (exact) mass is 253 g/mol. The molecule has 0 radical (unpaired) electrons. The van der Waals surface area contributed by atoms with Gasteiger partial charge in [0.15, 0.2) is 0 Å². The highest BCUT2D eigenvalue weighted by Gasteiger charge is 2.49. The van der Waals surface area contributed by atoms with Crippen LogP contribution in [-0.2, 0) is 21.4 Å². The van der Waals surface area contributed by atoms with Gasteiger partial charge >= 0.3 is 5.97 Å². The number of aliphatic carboxylic acids is 1. The van der Waals surface area contributed by atoms with Crippen LogP contribution in [0.5, 0.6) is 0 Å². The molecule has 4 nitrogen and oxygen atoms in total. The fourth-order valence-corrected chi connectivity index (χ4v) is 3.37. The third-order valence-electron chi connectivity index (χ3n) is 3.29. The number of aryl methyl sites for hydroxylation is 1. The van der Waals surface area contributed by atoms with Gasteiger partial charge in [-0.15, -0.1) is 11.3 Å². The molecule has 0 aromatic carbocycles. The topological polar surface area (TPSA) is 66.4 Å². The minimum atomic E-state index is -0.968. The lowest BCUT2D eigenvalue weighted by atomic mass is 9.81. The summed E-state index contributed by atoms with van der Waals surface area (Å²) in [6.07, 6.45) is 1.17. The molecule has 0 saturated carbocycles. The fourth-order valence-electron chi connectivity index (χ4n) is 2.25. The van der Waals surface area contributed by atoms with Gasteiger partial charge in [-0.3, -0.25) is 4.79 Å². The normalized spacial score (nSPS) is 28.1. The SMILES string of the molecule is CCc1ccc(C2(C)CC(=O)NC2C(=O)O)s1. The number of amides is 1. The Balaban J connectivity index is 2.39. The van der Waals surface area contributed by atoms with Crippen molar-refractivity contribution >= 4 is 23.2 Å². The van der Waals surface area contributed by atoms with Crippen LogP contribution >= 0.6 is 11.3 Å². The Morgan fingerprint density at radius 1 is 1.65 bits per heavy atom. The summed E-state index contributed by atoms with van der Waals surface area (Å²) in [5.74, 6) is -1.16. The molecule has 2 rings (SSSR count). The Hall–Kier alpha value is -1.36. The van der Waals surface area contributed by atoms with E-state index in [0.717, 1.165) is 11.3 Å². The third-order valence-corrected chi connectivity index (χ3v) is 4.80. The van der Waals surface area contributed by atoms with Gasteiger partial charge < -0.3 is 10.4 Å². The molecule has 1 amide bonds. The van der Waals surface area contributed by atoms with Gasteiger partial charge in [0.1, 0.15) is 6.04 Å². The summed E-state index contributed by atoms with van der Waals surface area (Å²) < 4.78 is 0. The molecule has 2 N–H and O–H groups in total. The molecule has 2 unspecified atom stereocenters. The van der Waals surface area contributed by atoms with Crippen LogP contribution in [0.3, 0.4) is 0 Å². The molecule has 2 atom stereocenters. The molecule has 1 aliphatic rings. The number of carboxylic acid groups (broad SMARTS) is 1. The Morgan fingerprint density at radius 3 is 2.88 bits per heavy atom. The number of hydrogen-bond donors (Lipinski definition) is 2. The molecule has 0 aliphatic carbocycles. The summed E-state index contributed by atoms with van der Waals surface area (Å²) in [5, 5.41) is 11.7. The molecule has 1 aromatic rings. The second-order valence-corrected chi connectivity index (χ2v) is 5.72. The van der Waals surface area contributed by atoms with Crippen molar-refractivity contribution in [2.45, 2.75) is 38.1 Å². The second-order valence-electron chi connectivity index (χ2n) is 4.55. The van der Waals surface area contributed by atoms with Gasteiger partial charge in [0.25, 0.3) is 0 Å². The van der Waals surface area contributed by atoms with Crippen molar-refractivity contribution in [1.29, 1.82) is 0 Å². The molecule has 0 bridgehead atoms. The molecule has 2 heterocycles. The van der Waals surface area contributed by atoms with Gasteiger partial charge in [0, 0.05) is 21.6 Å². The lowest BCUT2D eigenvalue weighted by Crippen LogP contribution is -2.44. The Morgan fingerprint density at radius 2 is 2.35 bits per heavy atom. The highest BCUT2D eigenvalue weighted by atomic mass is 32.1. The number of rotatable bonds is 3. The van der Waals surface area contributed by atoms with Crippen LogP contribution in [0, 0.1) is 0 Å². The van der Waals surface area contributed by atoms with E-state index in [1.807, 2.05) is 19.1 Å². The molecule has 17 heavy (non-hydrogen) atoms. The number of thiophene rings is 1. The number of carbonyl (C=O) groups excluding carboxylic acids is 1. The van der Waals surface area contributed by atoms with Crippen molar-refractivity contribution in [2.24, 2.45) is 0 Å². The predicted octanol–water partition coefficient (Wildman–Crippen LogP) is 1.54. The zero-order valence-electron chi connectivity index (χ0n) is 9.82. The minimum Gasteiger partial charge on any atom is -0.480 e. The molecular formula is C12H15NO3S. The molecule has 92 valence electrons. The summed E-state index contributed by atoms with van der Waals surface area (Å²) in [6.45, 7) is 3.90. The minimum absolute atomic E-state index is 0.189. The van der Waals surface area contributed by atoms with E-state index in [2.05, 4.69) is 12.2 Å². The van der Waals surface area contributed by atoms with Crippen LogP contribution in [0.1, 0.15) is 30.0 Å². The Bertz CT molecular complexity index is 468. The first-order chi connectivity index (χ1) is 7.97. The van der Waals surface area contributed by atoms with Gasteiger partial charge in [-0.25, -0.2) is 4.79 Å². The summed E-state index contributed by atoms with van der Waals surface area (Å²) in [6, 6.07) is 3.13. The quantitative estimate of drug-likeness (QED) is 0.858. The van der Waals surface area contributed by atoms with E-state index in [-0.39, 0.29) is 12.3 Å². The van der Waals surface area contributed by atoms with Crippen LogP contribution in [-0.4, -0.2) is 23.0 Å². The molecule has 1 saturated heterocycles. The van der Waals surface area contributed by atoms with E-state index < -0.39 is 17.4 Å².